The van der Waals surface area contributed by atoms with E-state index < -0.39 is 0 Å². The average molecular weight is 456 g/mol. The zero-order valence-electron chi connectivity index (χ0n) is 18.3. The first-order valence-corrected chi connectivity index (χ1v) is 11.0. The molecule has 0 bridgehead atoms. The number of nitrogens with two attached hydrogens (primary N) is 1. The van der Waals surface area contributed by atoms with Crippen LogP contribution in [0.4, 0.5) is 5.82 Å². The Kier molecular flexibility index (Phi) is 6.20. The average Bonchev–Trinajstić information content (AvgIpc) is 3.00. The van der Waals surface area contributed by atoms with Crippen molar-refractivity contribution >= 4 is 28.5 Å². The van der Waals surface area contributed by atoms with Crippen LogP contribution in [-0.4, -0.2) is 55.6 Å². The Balaban J connectivity index is 1.91. The number of hydrogen-bond acceptors (Lipinski definition) is 8. The number of β-amino-alcohol motifs (C(OH)–C–C–N with tert-alkyl or cyclic N) is 1. The fourth-order valence-electron chi connectivity index (χ4n) is 4.30. The van der Waals surface area contributed by atoms with E-state index >= 15 is 0 Å². The zero-order chi connectivity index (χ0) is 23.0. The molecule has 0 saturated carbocycles. The molecule has 0 radical (unpaired) electrons. The third-order valence-electron chi connectivity index (χ3n) is 5.98. The molecule has 0 spiro atoms. The molecule has 0 amide bonds. The molecule has 3 heterocycles. The first kappa shape index (κ1) is 22.3. The highest BCUT2D eigenvalue weighted by atomic mass is 35.5. The standard InChI is InChI=1S/C22H26ClN7O2/c1-4-14-9-29(5-6-31)10-17-16(8-24)18(23)7-15(20(17)32-14)13(3)30-22-19(12(2)28-30)21(25)26-11-27-22/h7,11,13-14,31H,4-6,9-10H2,1-3H3,(H2,25,26,27)/t13?,14-/m1/s1. The number of nitriles is 1. The number of benzene rings is 1. The quantitative estimate of drug-likeness (QED) is 0.601. The number of nitrogen functional groups attached to an aromatic ring is 1. The van der Waals surface area contributed by atoms with Crippen molar-refractivity contribution in [2.24, 2.45) is 0 Å². The van der Waals surface area contributed by atoms with E-state index in [2.05, 4.69) is 33.0 Å². The Morgan fingerprint density at radius 3 is 2.91 bits per heavy atom. The summed E-state index contributed by atoms with van der Waals surface area (Å²) < 4.78 is 8.26. The molecule has 1 unspecified atom stereocenters. The van der Waals surface area contributed by atoms with Crippen LogP contribution in [0.3, 0.4) is 0 Å². The van der Waals surface area contributed by atoms with Gasteiger partial charge in [-0.25, -0.2) is 14.6 Å². The van der Waals surface area contributed by atoms with Gasteiger partial charge >= 0.3 is 0 Å². The van der Waals surface area contributed by atoms with Crippen LogP contribution in [0.1, 0.15) is 48.7 Å². The second-order valence-electron chi connectivity index (χ2n) is 8.01. The number of anilines is 1. The highest BCUT2D eigenvalue weighted by Crippen LogP contribution is 2.41. The lowest BCUT2D eigenvalue weighted by Gasteiger charge is -2.23. The lowest BCUT2D eigenvalue weighted by molar-refractivity contribution is 0.125. The Hall–Kier alpha value is -2.93. The van der Waals surface area contributed by atoms with E-state index in [1.165, 1.54) is 6.33 Å². The topological polar surface area (TPSA) is 126 Å². The van der Waals surface area contributed by atoms with Gasteiger partial charge in [-0.05, 0) is 26.3 Å². The zero-order valence-corrected chi connectivity index (χ0v) is 19.1. The molecule has 32 heavy (non-hydrogen) atoms. The van der Waals surface area contributed by atoms with E-state index in [9.17, 15) is 10.4 Å². The van der Waals surface area contributed by atoms with Gasteiger partial charge < -0.3 is 15.6 Å². The van der Waals surface area contributed by atoms with Crippen molar-refractivity contribution in [1.82, 2.24) is 24.6 Å². The molecule has 0 aliphatic carbocycles. The van der Waals surface area contributed by atoms with Crippen LogP contribution in [0, 0.1) is 18.3 Å². The number of hydrogen-bond donors (Lipinski definition) is 2. The summed E-state index contributed by atoms with van der Waals surface area (Å²) in [7, 11) is 0. The largest absolute Gasteiger partial charge is 0.488 e. The van der Waals surface area contributed by atoms with Gasteiger partial charge in [-0.1, -0.05) is 18.5 Å². The number of fused-ring (bicyclic) bond motifs is 2. The summed E-state index contributed by atoms with van der Waals surface area (Å²) in [6, 6.07) is 3.73. The molecule has 1 aliphatic heterocycles. The van der Waals surface area contributed by atoms with Gasteiger partial charge in [-0.2, -0.15) is 10.4 Å². The predicted molar refractivity (Wildman–Crippen MR) is 122 cm³/mol. The number of nitrogens with zero attached hydrogens (tertiary/aromatic N) is 6. The van der Waals surface area contributed by atoms with E-state index in [1.54, 1.807) is 10.7 Å². The van der Waals surface area contributed by atoms with E-state index in [0.29, 0.717) is 52.8 Å². The van der Waals surface area contributed by atoms with Crippen LogP contribution in [0.15, 0.2) is 12.4 Å². The molecule has 168 valence electrons. The number of rotatable bonds is 5. The van der Waals surface area contributed by atoms with Crippen LogP contribution >= 0.6 is 11.6 Å². The van der Waals surface area contributed by atoms with Gasteiger partial charge in [0.1, 0.15) is 30.1 Å². The van der Waals surface area contributed by atoms with Gasteiger partial charge in [0.25, 0.3) is 0 Å². The van der Waals surface area contributed by atoms with E-state index in [0.717, 1.165) is 23.2 Å². The first-order valence-electron chi connectivity index (χ1n) is 10.6. The molecule has 0 saturated heterocycles. The summed E-state index contributed by atoms with van der Waals surface area (Å²) >= 11 is 6.57. The Labute approximate surface area is 191 Å². The number of aliphatic hydroxyl groups excluding tert-OH is 1. The fourth-order valence-corrected chi connectivity index (χ4v) is 4.58. The number of halogens is 1. The fraction of sp³-hybridized carbons (Fsp3) is 0.455. The molecule has 2 atom stereocenters. The normalized spacial score (nSPS) is 17.4. The van der Waals surface area contributed by atoms with Crippen LogP contribution in [0.25, 0.3) is 11.0 Å². The van der Waals surface area contributed by atoms with Gasteiger partial charge in [-0.15, -0.1) is 0 Å². The van der Waals surface area contributed by atoms with E-state index in [-0.39, 0.29) is 18.8 Å². The molecular formula is C22H26ClN7O2. The molecule has 3 N–H and O–H groups in total. The maximum Gasteiger partial charge on any atom is 0.164 e. The van der Waals surface area contributed by atoms with Crippen LogP contribution in [0.5, 0.6) is 5.75 Å². The molecule has 2 aromatic heterocycles. The van der Waals surface area contributed by atoms with Crippen molar-refractivity contribution < 1.29 is 9.84 Å². The Morgan fingerprint density at radius 1 is 1.44 bits per heavy atom. The number of aryl methyl sites for hydroxylation is 1. The number of ether oxygens (including phenoxy) is 1. The summed E-state index contributed by atoms with van der Waals surface area (Å²) in [6.07, 6.45) is 2.12. The number of aromatic nitrogens is 4. The molecule has 0 fully saturated rings. The molecule has 3 aromatic rings. The second kappa shape index (κ2) is 8.90. The van der Waals surface area contributed by atoms with E-state index in [4.69, 9.17) is 22.1 Å². The highest BCUT2D eigenvalue weighted by molar-refractivity contribution is 6.32. The molecule has 1 aliphatic rings. The van der Waals surface area contributed by atoms with Crippen LogP contribution in [-0.2, 0) is 6.54 Å². The van der Waals surface area contributed by atoms with Crippen molar-refractivity contribution in [2.75, 3.05) is 25.4 Å². The molecule has 1 aromatic carbocycles. The van der Waals surface area contributed by atoms with Crippen molar-refractivity contribution in [3.63, 3.8) is 0 Å². The van der Waals surface area contributed by atoms with Gasteiger partial charge in [0.2, 0.25) is 0 Å². The van der Waals surface area contributed by atoms with Gasteiger partial charge in [-0.3, -0.25) is 4.90 Å². The third-order valence-corrected chi connectivity index (χ3v) is 6.28. The van der Waals surface area contributed by atoms with E-state index in [1.807, 2.05) is 13.8 Å². The van der Waals surface area contributed by atoms with Crippen molar-refractivity contribution in [1.29, 1.82) is 5.26 Å². The van der Waals surface area contributed by atoms with Crippen LogP contribution < -0.4 is 10.5 Å². The lowest BCUT2D eigenvalue weighted by atomic mass is 9.98. The SMILES string of the molecule is CC[C@@H]1CN(CCO)Cc2c(C#N)c(Cl)cc(C(C)n3nc(C)c4c(N)ncnc43)c2O1. The molecule has 9 nitrogen and oxygen atoms in total. The third kappa shape index (κ3) is 3.75. The maximum absolute atomic E-state index is 9.82. The van der Waals surface area contributed by atoms with Crippen molar-refractivity contribution in [3.8, 4) is 11.8 Å². The summed E-state index contributed by atoms with van der Waals surface area (Å²) in [5.41, 5.74) is 9.37. The summed E-state index contributed by atoms with van der Waals surface area (Å²) in [5.74, 6) is 1.03. The maximum atomic E-state index is 9.82. The van der Waals surface area contributed by atoms with Gasteiger partial charge in [0.05, 0.1) is 34.3 Å². The molecule has 4 rings (SSSR count). The summed E-state index contributed by atoms with van der Waals surface area (Å²) in [5, 5.41) is 25.1. The summed E-state index contributed by atoms with van der Waals surface area (Å²) in [6.45, 7) is 7.54. The minimum absolute atomic E-state index is 0.0250. The van der Waals surface area contributed by atoms with Crippen molar-refractivity contribution in [2.45, 2.75) is 45.9 Å². The minimum Gasteiger partial charge on any atom is -0.488 e. The smallest absolute Gasteiger partial charge is 0.164 e. The molecule has 10 heteroatoms. The van der Waals surface area contributed by atoms with Crippen molar-refractivity contribution in [3.05, 3.63) is 39.8 Å². The Bertz CT molecular complexity index is 1200. The van der Waals surface area contributed by atoms with Gasteiger partial charge in [0, 0.05) is 30.8 Å². The second-order valence-corrected chi connectivity index (χ2v) is 8.42. The number of aliphatic hydroxyl groups is 1. The summed E-state index contributed by atoms with van der Waals surface area (Å²) in [4.78, 5) is 10.6. The minimum atomic E-state index is -0.290. The lowest BCUT2D eigenvalue weighted by Crippen LogP contribution is -2.34. The van der Waals surface area contributed by atoms with Gasteiger partial charge in [0.15, 0.2) is 5.65 Å². The first-order chi connectivity index (χ1) is 15.4. The predicted octanol–water partition coefficient (Wildman–Crippen LogP) is 2.82. The Morgan fingerprint density at radius 2 is 2.22 bits per heavy atom. The highest BCUT2D eigenvalue weighted by Gasteiger charge is 2.30. The van der Waals surface area contributed by atoms with Crippen LogP contribution in [0.2, 0.25) is 5.02 Å². The molecular weight excluding hydrogens is 430 g/mol. The monoisotopic (exact) mass is 455 g/mol.